The van der Waals surface area contributed by atoms with Crippen LogP contribution in [0.15, 0.2) is 24.4 Å². The third kappa shape index (κ3) is 5.59. The number of hydrogen-bond acceptors (Lipinski definition) is 3. The van der Waals surface area contributed by atoms with Crippen LogP contribution in [-0.2, 0) is 16.4 Å². The molecule has 0 saturated heterocycles. The van der Waals surface area contributed by atoms with Gasteiger partial charge in [-0.15, -0.1) is 0 Å². The molecule has 20 heavy (non-hydrogen) atoms. The molecule has 1 aromatic rings. The summed E-state index contributed by atoms with van der Waals surface area (Å²) in [5, 5.41) is 0. The Kier molecular flexibility index (Phi) is 5.98. The Morgan fingerprint density at radius 2 is 1.80 bits per heavy atom. The van der Waals surface area contributed by atoms with Gasteiger partial charge >= 0.3 is 0 Å². The van der Waals surface area contributed by atoms with Crippen LogP contribution in [-0.4, -0.2) is 25.2 Å². The van der Waals surface area contributed by atoms with Crippen molar-refractivity contribution in [2.75, 3.05) is 5.75 Å². The van der Waals surface area contributed by atoms with Gasteiger partial charge in [-0.3, -0.25) is 4.98 Å². The van der Waals surface area contributed by atoms with E-state index in [1.807, 2.05) is 18.2 Å². The lowest BCUT2D eigenvalue weighted by molar-refractivity contribution is 0.426. The van der Waals surface area contributed by atoms with Crippen molar-refractivity contribution < 1.29 is 8.42 Å². The lowest BCUT2D eigenvalue weighted by atomic mass is 9.97. The van der Waals surface area contributed by atoms with Crippen molar-refractivity contribution in [1.82, 2.24) is 9.71 Å². The summed E-state index contributed by atoms with van der Waals surface area (Å²) in [4.78, 5) is 4.16. The molecule has 5 heteroatoms. The molecule has 0 bridgehead atoms. The van der Waals surface area contributed by atoms with Crippen molar-refractivity contribution in [3.63, 3.8) is 0 Å². The highest BCUT2D eigenvalue weighted by molar-refractivity contribution is 7.89. The van der Waals surface area contributed by atoms with Gasteiger partial charge in [0, 0.05) is 24.4 Å². The van der Waals surface area contributed by atoms with Crippen LogP contribution in [0.5, 0.6) is 0 Å². The summed E-state index contributed by atoms with van der Waals surface area (Å²) in [6.45, 7) is 0. The predicted octanol–water partition coefficient (Wildman–Crippen LogP) is 2.66. The molecular weight excluding hydrogens is 272 g/mol. The van der Waals surface area contributed by atoms with Gasteiger partial charge in [0.15, 0.2) is 0 Å². The largest absolute Gasteiger partial charge is 0.261 e. The number of sulfonamides is 1. The molecular formula is C15H24N2O2S. The third-order valence-corrected chi connectivity index (χ3v) is 5.24. The Labute approximate surface area is 122 Å². The molecule has 0 unspecified atom stereocenters. The minimum Gasteiger partial charge on any atom is -0.261 e. The van der Waals surface area contributed by atoms with E-state index in [1.54, 1.807) is 6.20 Å². The van der Waals surface area contributed by atoms with Gasteiger partial charge in [-0.05, 0) is 25.0 Å². The SMILES string of the molecule is O=S(=O)(CCc1ccccn1)NC1CCCCCCC1. The van der Waals surface area contributed by atoms with E-state index < -0.39 is 10.0 Å². The number of pyridine rings is 1. The van der Waals surface area contributed by atoms with Crippen LogP contribution in [0, 0.1) is 0 Å². The third-order valence-electron chi connectivity index (χ3n) is 3.80. The lowest BCUT2D eigenvalue weighted by Gasteiger charge is -2.20. The van der Waals surface area contributed by atoms with E-state index in [-0.39, 0.29) is 11.8 Å². The number of aryl methyl sites for hydroxylation is 1. The minimum absolute atomic E-state index is 0.126. The second kappa shape index (κ2) is 7.74. The van der Waals surface area contributed by atoms with Gasteiger partial charge in [0.2, 0.25) is 10.0 Å². The zero-order valence-electron chi connectivity index (χ0n) is 11.9. The van der Waals surface area contributed by atoms with Crippen LogP contribution in [0.3, 0.4) is 0 Å². The smallest absolute Gasteiger partial charge is 0.212 e. The number of aromatic nitrogens is 1. The molecule has 0 radical (unpaired) electrons. The first-order valence-electron chi connectivity index (χ1n) is 7.56. The average Bonchev–Trinajstić information content (AvgIpc) is 2.41. The Morgan fingerprint density at radius 1 is 1.10 bits per heavy atom. The maximum atomic E-state index is 12.1. The van der Waals surface area contributed by atoms with Gasteiger partial charge in [0.05, 0.1) is 5.75 Å². The molecule has 1 aliphatic carbocycles. The van der Waals surface area contributed by atoms with Gasteiger partial charge in [-0.2, -0.15) is 0 Å². The Balaban J connectivity index is 1.83. The molecule has 0 aromatic carbocycles. The topological polar surface area (TPSA) is 59.1 Å². The maximum absolute atomic E-state index is 12.1. The molecule has 1 aromatic heterocycles. The molecule has 1 fully saturated rings. The molecule has 1 saturated carbocycles. The summed E-state index contributed by atoms with van der Waals surface area (Å²) >= 11 is 0. The first-order chi connectivity index (χ1) is 9.66. The van der Waals surface area contributed by atoms with E-state index in [9.17, 15) is 8.42 Å². The summed E-state index contributed by atoms with van der Waals surface area (Å²) in [7, 11) is -3.20. The Morgan fingerprint density at radius 3 is 2.45 bits per heavy atom. The Bertz CT molecular complexity index is 480. The number of nitrogens with zero attached hydrogens (tertiary/aromatic N) is 1. The minimum atomic E-state index is -3.20. The van der Waals surface area contributed by atoms with E-state index in [2.05, 4.69) is 9.71 Å². The van der Waals surface area contributed by atoms with Crippen LogP contribution in [0.2, 0.25) is 0 Å². The zero-order chi connectivity index (χ0) is 14.3. The van der Waals surface area contributed by atoms with Gasteiger partial charge in [0.1, 0.15) is 0 Å². The summed E-state index contributed by atoms with van der Waals surface area (Å²) in [5.41, 5.74) is 0.829. The summed E-state index contributed by atoms with van der Waals surface area (Å²) in [6, 6.07) is 5.72. The highest BCUT2D eigenvalue weighted by Crippen LogP contribution is 2.17. The molecule has 1 aliphatic rings. The lowest BCUT2D eigenvalue weighted by Crippen LogP contribution is -2.37. The van der Waals surface area contributed by atoms with Gasteiger partial charge in [-0.25, -0.2) is 13.1 Å². The highest BCUT2D eigenvalue weighted by atomic mass is 32.2. The summed E-state index contributed by atoms with van der Waals surface area (Å²) in [6.07, 6.45) is 10.1. The number of rotatable bonds is 5. The van der Waals surface area contributed by atoms with E-state index >= 15 is 0 Å². The normalized spacial score (nSPS) is 18.4. The fraction of sp³-hybridized carbons (Fsp3) is 0.667. The average molecular weight is 296 g/mol. The molecule has 4 nitrogen and oxygen atoms in total. The van der Waals surface area contributed by atoms with Crippen LogP contribution < -0.4 is 4.72 Å². The fourth-order valence-electron chi connectivity index (χ4n) is 2.67. The molecule has 0 atom stereocenters. The van der Waals surface area contributed by atoms with E-state index in [0.717, 1.165) is 31.4 Å². The van der Waals surface area contributed by atoms with Crippen molar-refractivity contribution in [3.05, 3.63) is 30.1 Å². The molecule has 1 N–H and O–H groups in total. The second-order valence-electron chi connectivity index (χ2n) is 5.55. The van der Waals surface area contributed by atoms with E-state index in [1.165, 1.54) is 19.3 Å². The van der Waals surface area contributed by atoms with Crippen molar-refractivity contribution in [2.45, 2.75) is 57.4 Å². The standard InChI is InChI=1S/C15H24N2O2S/c18-20(19,13-11-14-8-6-7-12-16-14)17-15-9-4-2-1-3-5-10-15/h6-8,12,15,17H,1-5,9-11,13H2. The van der Waals surface area contributed by atoms with Gasteiger partial charge < -0.3 is 0 Å². The quantitative estimate of drug-likeness (QED) is 0.908. The van der Waals surface area contributed by atoms with Gasteiger partial charge in [0.25, 0.3) is 0 Å². The molecule has 1 heterocycles. The van der Waals surface area contributed by atoms with Gasteiger partial charge in [-0.1, -0.05) is 38.2 Å². The monoisotopic (exact) mass is 296 g/mol. The van der Waals surface area contributed by atoms with Crippen molar-refractivity contribution in [2.24, 2.45) is 0 Å². The molecule has 2 rings (SSSR count). The van der Waals surface area contributed by atoms with E-state index in [0.29, 0.717) is 6.42 Å². The van der Waals surface area contributed by atoms with Crippen LogP contribution in [0.1, 0.15) is 50.6 Å². The second-order valence-corrected chi connectivity index (χ2v) is 7.42. The van der Waals surface area contributed by atoms with Crippen LogP contribution in [0.4, 0.5) is 0 Å². The van der Waals surface area contributed by atoms with Crippen molar-refractivity contribution >= 4 is 10.0 Å². The summed E-state index contributed by atoms with van der Waals surface area (Å²) < 4.78 is 27.1. The molecule has 0 aliphatic heterocycles. The zero-order valence-corrected chi connectivity index (χ0v) is 12.7. The van der Waals surface area contributed by atoms with Crippen LogP contribution >= 0.6 is 0 Å². The first-order valence-corrected chi connectivity index (χ1v) is 9.21. The van der Waals surface area contributed by atoms with Crippen molar-refractivity contribution in [1.29, 1.82) is 0 Å². The first kappa shape index (κ1) is 15.4. The molecule has 0 spiro atoms. The maximum Gasteiger partial charge on any atom is 0.212 e. The molecule has 0 amide bonds. The van der Waals surface area contributed by atoms with Crippen molar-refractivity contribution in [3.8, 4) is 0 Å². The number of hydrogen-bond donors (Lipinski definition) is 1. The fourth-order valence-corrected chi connectivity index (χ4v) is 4.01. The van der Waals surface area contributed by atoms with E-state index in [4.69, 9.17) is 0 Å². The highest BCUT2D eigenvalue weighted by Gasteiger charge is 2.18. The summed E-state index contributed by atoms with van der Waals surface area (Å²) in [5.74, 6) is 0.126. The molecule has 112 valence electrons. The van der Waals surface area contributed by atoms with Crippen LogP contribution in [0.25, 0.3) is 0 Å². The predicted molar refractivity (Wildman–Crippen MR) is 81.0 cm³/mol. The Hall–Kier alpha value is -0.940. The number of nitrogens with one attached hydrogen (secondary N) is 1.